The molecular weight excluding hydrogens is 288 g/mol. The molecule has 22 heavy (non-hydrogen) atoms. The van der Waals surface area contributed by atoms with E-state index in [0.29, 0.717) is 38.8 Å². The molecule has 0 aromatic rings. The lowest BCUT2D eigenvalue weighted by Gasteiger charge is -2.37. The Balaban J connectivity index is 2.42. The third-order valence-corrected chi connectivity index (χ3v) is 3.64. The summed E-state index contributed by atoms with van der Waals surface area (Å²) in [5, 5.41) is 15.4. The van der Waals surface area contributed by atoms with Crippen LogP contribution in [0, 0.1) is 0 Å². The van der Waals surface area contributed by atoms with Crippen LogP contribution in [0.25, 0.3) is 0 Å². The number of nitrogens with one attached hydrogen (secondary N) is 2. The number of rotatable bonds is 5. The molecule has 0 spiro atoms. The Morgan fingerprint density at radius 3 is 2.32 bits per heavy atom. The molecule has 3 N–H and O–H groups in total. The summed E-state index contributed by atoms with van der Waals surface area (Å²) in [5.41, 5.74) is -1.31. The largest absolute Gasteiger partial charge is 0.468 e. The number of carbonyl (C=O) groups is 2. The SMILES string of the molecule is COC(=O)[C@]1(NCCNC(=O)OC(C)(C)C)CC[C@H](O)CC1. The number of aliphatic hydroxyl groups is 1. The van der Waals surface area contributed by atoms with E-state index in [1.807, 2.05) is 0 Å². The molecule has 7 nitrogen and oxygen atoms in total. The number of aliphatic hydroxyl groups excluding tert-OH is 1. The first-order valence-corrected chi connectivity index (χ1v) is 7.67. The zero-order valence-corrected chi connectivity index (χ0v) is 13.9. The van der Waals surface area contributed by atoms with Crippen molar-refractivity contribution in [2.45, 2.75) is 63.7 Å². The van der Waals surface area contributed by atoms with Crippen LogP contribution in [0.2, 0.25) is 0 Å². The smallest absolute Gasteiger partial charge is 0.407 e. The second-order valence-electron chi connectivity index (χ2n) is 6.66. The van der Waals surface area contributed by atoms with Gasteiger partial charge in [0.15, 0.2) is 0 Å². The van der Waals surface area contributed by atoms with Crippen LogP contribution in [0.5, 0.6) is 0 Å². The van der Waals surface area contributed by atoms with Gasteiger partial charge in [-0.1, -0.05) is 0 Å². The molecule has 1 aliphatic rings. The third-order valence-electron chi connectivity index (χ3n) is 3.64. The molecular formula is C15H28N2O5. The summed E-state index contributed by atoms with van der Waals surface area (Å²) in [4.78, 5) is 23.6. The summed E-state index contributed by atoms with van der Waals surface area (Å²) < 4.78 is 10.0. The predicted molar refractivity (Wildman–Crippen MR) is 81.5 cm³/mol. The van der Waals surface area contributed by atoms with Crippen LogP contribution >= 0.6 is 0 Å². The molecule has 7 heteroatoms. The Bertz CT molecular complexity index is 384. The number of esters is 1. The topological polar surface area (TPSA) is 96.9 Å². The number of alkyl carbamates (subject to hydrolysis) is 1. The highest BCUT2D eigenvalue weighted by atomic mass is 16.6. The minimum Gasteiger partial charge on any atom is -0.468 e. The molecule has 0 aromatic heterocycles. The first-order chi connectivity index (χ1) is 10.2. The average molecular weight is 316 g/mol. The second kappa shape index (κ2) is 7.78. The van der Waals surface area contributed by atoms with E-state index >= 15 is 0 Å². The molecule has 0 saturated heterocycles. The first-order valence-electron chi connectivity index (χ1n) is 7.67. The monoisotopic (exact) mass is 316 g/mol. The van der Waals surface area contributed by atoms with Crippen molar-refractivity contribution in [3.8, 4) is 0 Å². The number of carbonyl (C=O) groups excluding carboxylic acids is 2. The standard InChI is InChI=1S/C15H28N2O5/c1-14(2,3)22-13(20)16-9-10-17-15(12(19)21-4)7-5-11(18)6-8-15/h11,17-18H,5-10H2,1-4H3,(H,16,20)/t11-,15-. The maximum atomic E-state index is 12.0. The van der Waals surface area contributed by atoms with Crippen LogP contribution in [0.4, 0.5) is 4.79 Å². The van der Waals surface area contributed by atoms with Crippen molar-refractivity contribution < 1.29 is 24.2 Å². The van der Waals surface area contributed by atoms with Gasteiger partial charge < -0.3 is 25.2 Å². The molecule has 0 aliphatic heterocycles. The minimum absolute atomic E-state index is 0.323. The van der Waals surface area contributed by atoms with Crippen molar-refractivity contribution in [3.05, 3.63) is 0 Å². The Morgan fingerprint density at radius 2 is 1.82 bits per heavy atom. The van der Waals surface area contributed by atoms with Crippen molar-refractivity contribution in [2.24, 2.45) is 0 Å². The molecule has 0 radical (unpaired) electrons. The van der Waals surface area contributed by atoms with Crippen LogP contribution in [0.1, 0.15) is 46.5 Å². The van der Waals surface area contributed by atoms with E-state index in [-0.39, 0.29) is 12.1 Å². The zero-order chi connectivity index (χ0) is 16.8. The lowest BCUT2D eigenvalue weighted by Crippen LogP contribution is -2.56. The van der Waals surface area contributed by atoms with Crippen molar-refractivity contribution in [1.29, 1.82) is 0 Å². The van der Waals surface area contributed by atoms with Gasteiger partial charge in [-0.05, 0) is 46.5 Å². The van der Waals surface area contributed by atoms with Crippen molar-refractivity contribution in [1.82, 2.24) is 10.6 Å². The van der Waals surface area contributed by atoms with Crippen molar-refractivity contribution in [2.75, 3.05) is 20.2 Å². The van der Waals surface area contributed by atoms with Gasteiger partial charge in [0, 0.05) is 13.1 Å². The quantitative estimate of drug-likeness (QED) is 0.516. The van der Waals surface area contributed by atoms with E-state index in [2.05, 4.69) is 10.6 Å². The molecule has 1 rings (SSSR count). The fourth-order valence-corrected chi connectivity index (χ4v) is 2.52. The molecule has 128 valence electrons. The number of amides is 1. The summed E-state index contributed by atoms with van der Waals surface area (Å²) in [7, 11) is 1.36. The average Bonchev–Trinajstić information content (AvgIpc) is 2.43. The molecule has 0 atom stereocenters. The van der Waals surface area contributed by atoms with Gasteiger partial charge in [-0.15, -0.1) is 0 Å². The van der Waals surface area contributed by atoms with Gasteiger partial charge in [-0.2, -0.15) is 0 Å². The third kappa shape index (κ3) is 5.81. The highest BCUT2D eigenvalue weighted by molar-refractivity contribution is 5.81. The maximum Gasteiger partial charge on any atom is 0.407 e. The Hall–Kier alpha value is -1.34. The van der Waals surface area contributed by atoms with Gasteiger partial charge in [0.1, 0.15) is 11.1 Å². The van der Waals surface area contributed by atoms with Gasteiger partial charge >= 0.3 is 12.1 Å². The number of hydrogen-bond acceptors (Lipinski definition) is 6. The second-order valence-corrected chi connectivity index (χ2v) is 6.66. The van der Waals surface area contributed by atoms with E-state index in [0.717, 1.165) is 0 Å². The van der Waals surface area contributed by atoms with E-state index in [1.165, 1.54) is 7.11 Å². The number of hydrogen-bond donors (Lipinski definition) is 3. The summed E-state index contributed by atoms with van der Waals surface area (Å²) in [6.07, 6.45) is 1.31. The van der Waals surface area contributed by atoms with Crippen LogP contribution in [-0.4, -0.2) is 54.6 Å². The van der Waals surface area contributed by atoms with Gasteiger partial charge in [0.2, 0.25) is 0 Å². The van der Waals surface area contributed by atoms with Crippen molar-refractivity contribution >= 4 is 12.1 Å². The summed E-state index contributed by atoms with van der Waals surface area (Å²) >= 11 is 0. The molecule has 0 aromatic carbocycles. The van der Waals surface area contributed by atoms with Crippen molar-refractivity contribution in [3.63, 3.8) is 0 Å². The maximum absolute atomic E-state index is 12.0. The van der Waals surface area contributed by atoms with Crippen LogP contribution in [0.15, 0.2) is 0 Å². The molecule has 1 fully saturated rings. The highest BCUT2D eigenvalue weighted by Gasteiger charge is 2.42. The van der Waals surface area contributed by atoms with E-state index < -0.39 is 17.2 Å². The molecule has 0 unspecified atom stereocenters. The van der Waals surface area contributed by atoms with Gasteiger partial charge in [0.25, 0.3) is 0 Å². The van der Waals surface area contributed by atoms with Crippen LogP contribution < -0.4 is 10.6 Å². The molecule has 1 saturated carbocycles. The fraction of sp³-hybridized carbons (Fsp3) is 0.867. The lowest BCUT2D eigenvalue weighted by molar-refractivity contribution is -0.151. The first kappa shape index (κ1) is 18.7. The number of methoxy groups -OCH3 is 1. The van der Waals surface area contributed by atoms with Crippen LogP contribution in [-0.2, 0) is 14.3 Å². The summed E-state index contributed by atoms with van der Waals surface area (Å²) in [5.74, 6) is -0.323. The Morgan fingerprint density at radius 1 is 1.23 bits per heavy atom. The minimum atomic E-state index is -0.774. The number of ether oxygens (including phenoxy) is 2. The molecule has 0 heterocycles. The predicted octanol–water partition coefficient (Wildman–Crippen LogP) is 0.947. The molecule has 1 amide bonds. The molecule has 0 bridgehead atoms. The normalized spacial score (nSPS) is 25.4. The van der Waals surface area contributed by atoms with E-state index in [9.17, 15) is 14.7 Å². The van der Waals surface area contributed by atoms with Gasteiger partial charge in [-0.3, -0.25) is 4.79 Å². The van der Waals surface area contributed by atoms with Gasteiger partial charge in [-0.25, -0.2) is 4.79 Å². The fourth-order valence-electron chi connectivity index (χ4n) is 2.52. The Kier molecular flexibility index (Phi) is 6.62. The van der Waals surface area contributed by atoms with E-state index in [4.69, 9.17) is 9.47 Å². The summed E-state index contributed by atoms with van der Waals surface area (Å²) in [6, 6.07) is 0. The summed E-state index contributed by atoms with van der Waals surface area (Å²) in [6.45, 7) is 6.15. The van der Waals surface area contributed by atoms with Gasteiger partial charge in [0.05, 0.1) is 13.2 Å². The van der Waals surface area contributed by atoms with Crippen LogP contribution in [0.3, 0.4) is 0 Å². The molecule has 1 aliphatic carbocycles. The van der Waals surface area contributed by atoms with E-state index in [1.54, 1.807) is 20.8 Å². The lowest BCUT2D eigenvalue weighted by atomic mass is 9.80. The highest BCUT2D eigenvalue weighted by Crippen LogP contribution is 2.29. The zero-order valence-electron chi connectivity index (χ0n) is 13.9. The Labute approximate surface area is 131 Å².